The average molecular weight is 453 g/mol. The predicted octanol–water partition coefficient (Wildman–Crippen LogP) is 4.18. The molecule has 0 bridgehead atoms. The second kappa shape index (κ2) is 10.1. The fourth-order valence-electron chi connectivity index (χ4n) is 3.13. The maximum atomic E-state index is 12.4. The van der Waals surface area contributed by atoms with Gasteiger partial charge in [-0.2, -0.15) is 5.26 Å². The molecule has 8 heteroatoms. The summed E-state index contributed by atoms with van der Waals surface area (Å²) in [6.07, 6.45) is 1.44. The van der Waals surface area contributed by atoms with Crippen LogP contribution in [-0.2, 0) is 6.61 Å². The number of hydrogen-bond donors (Lipinski definition) is 3. The summed E-state index contributed by atoms with van der Waals surface area (Å²) in [6.45, 7) is 0.430. The van der Waals surface area contributed by atoms with Crippen molar-refractivity contribution in [3.8, 4) is 28.7 Å². The topological polar surface area (TPSA) is 125 Å². The van der Waals surface area contributed by atoms with E-state index in [1.807, 2.05) is 54.6 Å². The molecule has 0 spiro atoms. The van der Waals surface area contributed by atoms with E-state index in [9.17, 15) is 14.7 Å². The van der Waals surface area contributed by atoms with Crippen molar-refractivity contribution in [2.45, 2.75) is 6.61 Å². The number of hydrogen-bond acceptors (Lipinski definition) is 6. The normalized spacial score (nSPS) is 10.2. The van der Waals surface area contributed by atoms with Gasteiger partial charge in [0.1, 0.15) is 24.2 Å². The Labute approximate surface area is 195 Å². The van der Waals surface area contributed by atoms with Crippen molar-refractivity contribution in [1.29, 1.82) is 5.26 Å². The summed E-state index contributed by atoms with van der Waals surface area (Å²) in [7, 11) is 0. The smallest absolute Gasteiger partial charge is 0.305 e. The summed E-state index contributed by atoms with van der Waals surface area (Å²) in [4.78, 5) is 24.6. The Morgan fingerprint density at radius 1 is 0.912 bits per heavy atom. The number of carbonyl (C=O) groups excluding carboxylic acids is 2. The number of benzene rings is 3. The van der Waals surface area contributed by atoms with Crippen LogP contribution in [0.25, 0.3) is 11.1 Å². The molecule has 0 atom stereocenters. The summed E-state index contributed by atoms with van der Waals surface area (Å²) in [5.74, 6) is -0.878. The number of carbonyl (C=O) groups is 2. The molecular formula is C26H19N3O5. The lowest BCUT2D eigenvalue weighted by molar-refractivity contribution is 0.0831. The van der Waals surface area contributed by atoms with Crippen molar-refractivity contribution in [3.63, 3.8) is 0 Å². The number of aromatic hydroxyl groups is 1. The highest BCUT2D eigenvalue weighted by atomic mass is 16.5. The Kier molecular flexibility index (Phi) is 6.56. The van der Waals surface area contributed by atoms with Crippen molar-refractivity contribution in [2.24, 2.45) is 0 Å². The maximum Gasteiger partial charge on any atom is 0.305 e. The maximum absolute atomic E-state index is 12.4. The van der Waals surface area contributed by atoms with E-state index in [0.29, 0.717) is 17.9 Å². The van der Waals surface area contributed by atoms with Gasteiger partial charge in [0.05, 0.1) is 11.8 Å². The predicted molar refractivity (Wildman–Crippen MR) is 123 cm³/mol. The van der Waals surface area contributed by atoms with Crippen molar-refractivity contribution in [2.75, 3.05) is 0 Å². The number of hydrazine groups is 1. The molecule has 0 fully saturated rings. The van der Waals surface area contributed by atoms with Gasteiger partial charge in [-0.15, -0.1) is 0 Å². The lowest BCUT2D eigenvalue weighted by atomic mass is 10.1. The number of rotatable bonds is 6. The van der Waals surface area contributed by atoms with Crippen LogP contribution in [-0.4, -0.2) is 16.9 Å². The van der Waals surface area contributed by atoms with Gasteiger partial charge in [0.15, 0.2) is 5.76 Å². The largest absolute Gasteiger partial charge is 0.507 e. The van der Waals surface area contributed by atoms with Gasteiger partial charge in [0.25, 0.3) is 5.91 Å². The number of nitriles is 1. The molecule has 1 heterocycles. The second-order valence-corrected chi connectivity index (χ2v) is 7.25. The van der Waals surface area contributed by atoms with E-state index in [1.165, 1.54) is 24.5 Å². The molecule has 0 aliphatic carbocycles. The van der Waals surface area contributed by atoms with Gasteiger partial charge < -0.3 is 14.3 Å². The molecule has 0 aliphatic heterocycles. The lowest BCUT2D eigenvalue weighted by Crippen LogP contribution is -2.41. The minimum absolute atomic E-state index is 0.00525. The summed E-state index contributed by atoms with van der Waals surface area (Å²) in [6, 6.07) is 24.3. The summed E-state index contributed by atoms with van der Waals surface area (Å²) in [5, 5.41) is 18.5. The third kappa shape index (κ3) is 5.23. The summed E-state index contributed by atoms with van der Waals surface area (Å²) in [5.41, 5.74) is 7.07. The molecular weight excluding hydrogens is 434 g/mol. The van der Waals surface area contributed by atoms with E-state index in [0.717, 1.165) is 11.1 Å². The van der Waals surface area contributed by atoms with Crippen LogP contribution in [0.15, 0.2) is 89.5 Å². The minimum Gasteiger partial charge on any atom is -0.507 e. The highest BCUT2D eigenvalue weighted by Gasteiger charge is 2.15. The molecule has 0 aliphatic rings. The number of amides is 2. The van der Waals surface area contributed by atoms with Crippen molar-refractivity contribution >= 4 is 11.8 Å². The van der Waals surface area contributed by atoms with Crippen LogP contribution in [0.2, 0.25) is 0 Å². The summed E-state index contributed by atoms with van der Waals surface area (Å²) >= 11 is 0. The van der Waals surface area contributed by atoms with E-state index in [-0.39, 0.29) is 22.6 Å². The minimum atomic E-state index is -0.657. The van der Waals surface area contributed by atoms with Gasteiger partial charge in [0, 0.05) is 11.1 Å². The molecule has 0 saturated heterocycles. The van der Waals surface area contributed by atoms with Crippen molar-refractivity contribution in [1.82, 2.24) is 10.9 Å². The molecule has 0 radical (unpaired) electrons. The molecule has 4 rings (SSSR count). The first-order valence-corrected chi connectivity index (χ1v) is 10.2. The average Bonchev–Trinajstić information content (AvgIpc) is 3.37. The van der Waals surface area contributed by atoms with Gasteiger partial charge in [-0.1, -0.05) is 42.5 Å². The molecule has 168 valence electrons. The van der Waals surface area contributed by atoms with Gasteiger partial charge in [0.2, 0.25) is 0 Å². The van der Waals surface area contributed by atoms with Crippen molar-refractivity contribution in [3.05, 3.63) is 108 Å². The van der Waals surface area contributed by atoms with E-state index in [1.54, 1.807) is 12.1 Å². The second-order valence-electron chi connectivity index (χ2n) is 7.25. The van der Waals surface area contributed by atoms with E-state index >= 15 is 0 Å². The fraction of sp³-hybridized carbons (Fsp3) is 0.0385. The van der Waals surface area contributed by atoms with Crippen LogP contribution in [0.5, 0.6) is 11.5 Å². The Hall–Kier alpha value is -5.03. The van der Waals surface area contributed by atoms with Crippen molar-refractivity contribution < 1.29 is 23.8 Å². The molecule has 3 N–H and O–H groups in total. The zero-order valence-corrected chi connectivity index (χ0v) is 17.8. The monoisotopic (exact) mass is 453 g/mol. The van der Waals surface area contributed by atoms with Crippen LogP contribution in [0.3, 0.4) is 0 Å². The Morgan fingerprint density at radius 3 is 2.50 bits per heavy atom. The standard InChI is InChI=1S/C26H19N3O5/c27-14-20-11-19(9-10-23(20)30)25(31)28-29-26(32)24-13-21(16-34-24)18-7-4-8-22(12-18)33-15-17-5-2-1-3-6-17/h1-13,16,30H,15H2,(H,28,31)(H,29,32). The number of nitrogens with zero attached hydrogens (tertiary/aromatic N) is 1. The Balaban J connectivity index is 1.38. The molecule has 0 saturated carbocycles. The third-order valence-corrected chi connectivity index (χ3v) is 4.91. The zero-order chi connectivity index (χ0) is 23.9. The number of furan rings is 1. The molecule has 4 aromatic rings. The third-order valence-electron chi connectivity index (χ3n) is 4.91. The van der Waals surface area contributed by atoms with Crippen LogP contribution in [0, 0.1) is 11.3 Å². The molecule has 0 unspecified atom stereocenters. The van der Waals surface area contributed by atoms with E-state index < -0.39 is 11.8 Å². The fourth-order valence-corrected chi connectivity index (χ4v) is 3.13. The van der Waals surface area contributed by atoms with Gasteiger partial charge in [-0.05, 0) is 47.5 Å². The number of phenols is 1. The van der Waals surface area contributed by atoms with Crippen LogP contribution < -0.4 is 15.6 Å². The van der Waals surface area contributed by atoms with Crippen LogP contribution in [0.1, 0.15) is 32.0 Å². The highest BCUT2D eigenvalue weighted by Crippen LogP contribution is 2.26. The van der Waals surface area contributed by atoms with Gasteiger partial charge >= 0.3 is 5.91 Å². The molecule has 3 aromatic carbocycles. The molecule has 2 amide bonds. The van der Waals surface area contributed by atoms with E-state index in [4.69, 9.17) is 14.4 Å². The van der Waals surface area contributed by atoms with Gasteiger partial charge in [-0.25, -0.2) is 0 Å². The first kappa shape index (κ1) is 22.2. The Bertz CT molecular complexity index is 1370. The quantitative estimate of drug-likeness (QED) is 0.376. The first-order chi connectivity index (χ1) is 16.5. The molecule has 1 aromatic heterocycles. The SMILES string of the molecule is N#Cc1cc(C(=O)NNC(=O)c2cc(-c3cccc(OCc4ccccc4)c3)co2)ccc1O. The Morgan fingerprint density at radius 2 is 1.71 bits per heavy atom. The number of nitrogens with one attached hydrogen (secondary N) is 2. The highest BCUT2D eigenvalue weighted by molar-refractivity contribution is 5.98. The molecule has 34 heavy (non-hydrogen) atoms. The van der Waals surface area contributed by atoms with Gasteiger partial charge in [-0.3, -0.25) is 20.4 Å². The number of ether oxygens (including phenoxy) is 1. The van der Waals surface area contributed by atoms with Crippen LogP contribution >= 0.6 is 0 Å². The lowest BCUT2D eigenvalue weighted by Gasteiger charge is -2.07. The summed E-state index contributed by atoms with van der Waals surface area (Å²) < 4.78 is 11.2. The molecule has 8 nitrogen and oxygen atoms in total. The van der Waals surface area contributed by atoms with E-state index in [2.05, 4.69) is 10.9 Å². The van der Waals surface area contributed by atoms with Crippen LogP contribution in [0.4, 0.5) is 0 Å². The first-order valence-electron chi connectivity index (χ1n) is 10.2. The zero-order valence-electron chi connectivity index (χ0n) is 17.8. The number of phenolic OH excluding ortho intramolecular Hbond substituents is 1.